The van der Waals surface area contributed by atoms with E-state index in [0.29, 0.717) is 5.65 Å². The molecular weight excluding hydrogens is 358 g/mol. The molecule has 0 aliphatic carbocycles. The molecule has 27 heavy (non-hydrogen) atoms. The Hall–Kier alpha value is -2.54. The molecule has 1 saturated heterocycles. The highest BCUT2D eigenvalue weighted by atomic mass is 32.1. The fourth-order valence-electron chi connectivity index (χ4n) is 3.57. The number of carbonyl (C=O) groups is 1. The number of anilines is 1. The van der Waals surface area contributed by atoms with Crippen LogP contribution in [0.3, 0.4) is 0 Å². The second-order valence-electron chi connectivity index (χ2n) is 6.84. The lowest BCUT2D eigenvalue weighted by Gasteiger charge is -2.33. The molecule has 0 bridgehead atoms. The number of piperidine rings is 1. The predicted molar refractivity (Wildman–Crippen MR) is 108 cm³/mol. The molecule has 1 amide bonds. The summed E-state index contributed by atoms with van der Waals surface area (Å²) in [4.78, 5) is 29.2. The standard InChI is InChI=1S/C20H23N5OS/c1-2-16(18-4-3-11-27-18)24-20(26)14-5-9-25(10-6-14)15-12-17-19(23-13-15)22-8-7-21-17/h3-4,7-8,11-14,16H,2,5-6,9-10H2,1H3,(H,24,26)/t16-/m1/s1. The lowest BCUT2D eigenvalue weighted by Crippen LogP contribution is -2.41. The van der Waals surface area contributed by atoms with E-state index in [4.69, 9.17) is 0 Å². The normalized spacial score (nSPS) is 16.4. The topological polar surface area (TPSA) is 71.0 Å². The highest BCUT2D eigenvalue weighted by Gasteiger charge is 2.27. The Bertz CT molecular complexity index is 906. The largest absolute Gasteiger partial charge is 0.370 e. The van der Waals surface area contributed by atoms with E-state index in [-0.39, 0.29) is 17.9 Å². The van der Waals surface area contributed by atoms with Gasteiger partial charge in [0.25, 0.3) is 0 Å². The Morgan fingerprint density at radius 2 is 2.11 bits per heavy atom. The SMILES string of the molecule is CC[C@@H](NC(=O)C1CCN(c2cnc3nccnc3c2)CC1)c1cccs1. The van der Waals surface area contributed by atoms with Crippen molar-refractivity contribution in [3.05, 3.63) is 47.0 Å². The highest BCUT2D eigenvalue weighted by molar-refractivity contribution is 7.10. The summed E-state index contributed by atoms with van der Waals surface area (Å²) in [5.74, 6) is 0.251. The summed E-state index contributed by atoms with van der Waals surface area (Å²) in [6, 6.07) is 6.28. The van der Waals surface area contributed by atoms with E-state index >= 15 is 0 Å². The maximum atomic E-state index is 12.7. The minimum absolute atomic E-state index is 0.0727. The fraction of sp³-hybridized carbons (Fsp3) is 0.400. The molecular formula is C20H23N5OS. The summed E-state index contributed by atoms with van der Waals surface area (Å²) < 4.78 is 0. The van der Waals surface area contributed by atoms with Crippen LogP contribution in [0.1, 0.15) is 37.1 Å². The summed E-state index contributed by atoms with van der Waals surface area (Å²) >= 11 is 1.70. The van der Waals surface area contributed by atoms with Crippen molar-refractivity contribution < 1.29 is 4.79 Å². The molecule has 3 aromatic rings. The van der Waals surface area contributed by atoms with Crippen LogP contribution in [-0.4, -0.2) is 33.9 Å². The molecule has 1 aliphatic heterocycles. The van der Waals surface area contributed by atoms with Crippen molar-refractivity contribution in [1.29, 1.82) is 0 Å². The van der Waals surface area contributed by atoms with Crippen LogP contribution in [0.2, 0.25) is 0 Å². The molecule has 0 unspecified atom stereocenters. The molecule has 6 nitrogen and oxygen atoms in total. The Morgan fingerprint density at radius 1 is 1.30 bits per heavy atom. The van der Waals surface area contributed by atoms with E-state index in [1.165, 1.54) is 4.88 Å². The van der Waals surface area contributed by atoms with Crippen molar-refractivity contribution >= 4 is 34.1 Å². The van der Waals surface area contributed by atoms with Crippen molar-refractivity contribution in [2.24, 2.45) is 5.92 Å². The fourth-order valence-corrected chi connectivity index (χ4v) is 4.43. The summed E-state index contributed by atoms with van der Waals surface area (Å²) in [5, 5.41) is 5.30. The Morgan fingerprint density at radius 3 is 2.85 bits per heavy atom. The van der Waals surface area contributed by atoms with Crippen molar-refractivity contribution in [3.8, 4) is 0 Å². The summed E-state index contributed by atoms with van der Waals surface area (Å²) in [7, 11) is 0. The second kappa shape index (κ2) is 8.00. The maximum absolute atomic E-state index is 12.7. The first kappa shape index (κ1) is 17.9. The second-order valence-corrected chi connectivity index (χ2v) is 7.82. The van der Waals surface area contributed by atoms with Crippen LogP contribution in [0.15, 0.2) is 42.2 Å². The molecule has 3 aromatic heterocycles. The van der Waals surface area contributed by atoms with Gasteiger partial charge in [-0.3, -0.25) is 9.78 Å². The van der Waals surface area contributed by atoms with Crippen LogP contribution >= 0.6 is 11.3 Å². The summed E-state index contributed by atoms with van der Waals surface area (Å²) in [6.45, 7) is 3.81. The third-order valence-electron chi connectivity index (χ3n) is 5.15. The molecule has 0 aromatic carbocycles. The number of hydrogen-bond acceptors (Lipinski definition) is 6. The zero-order valence-electron chi connectivity index (χ0n) is 15.3. The van der Waals surface area contributed by atoms with Gasteiger partial charge in [0.2, 0.25) is 5.91 Å². The molecule has 0 radical (unpaired) electrons. The van der Waals surface area contributed by atoms with Crippen LogP contribution in [0.5, 0.6) is 0 Å². The molecule has 1 N–H and O–H groups in total. The number of aromatic nitrogens is 3. The smallest absolute Gasteiger partial charge is 0.223 e. The van der Waals surface area contributed by atoms with Gasteiger partial charge in [-0.1, -0.05) is 13.0 Å². The number of thiophene rings is 1. The first-order chi connectivity index (χ1) is 13.2. The molecule has 1 atom stereocenters. The summed E-state index contributed by atoms with van der Waals surface area (Å²) in [5.41, 5.74) is 2.51. The third kappa shape index (κ3) is 3.93. The molecule has 7 heteroatoms. The molecule has 140 valence electrons. The maximum Gasteiger partial charge on any atom is 0.223 e. The minimum Gasteiger partial charge on any atom is -0.370 e. The van der Waals surface area contributed by atoms with E-state index in [1.807, 2.05) is 18.3 Å². The predicted octanol–water partition coefficient (Wildman–Crippen LogP) is 3.57. The highest BCUT2D eigenvalue weighted by Crippen LogP contribution is 2.26. The number of fused-ring (bicyclic) bond motifs is 1. The number of nitrogens with zero attached hydrogens (tertiary/aromatic N) is 4. The van der Waals surface area contributed by atoms with Gasteiger partial charge in [-0.2, -0.15) is 0 Å². The van der Waals surface area contributed by atoms with E-state index < -0.39 is 0 Å². The van der Waals surface area contributed by atoms with Crippen LogP contribution in [0.4, 0.5) is 5.69 Å². The summed E-state index contributed by atoms with van der Waals surface area (Å²) in [6.07, 6.45) is 7.80. The molecule has 1 fully saturated rings. The molecule has 0 spiro atoms. The van der Waals surface area contributed by atoms with Gasteiger partial charge >= 0.3 is 0 Å². The van der Waals surface area contributed by atoms with E-state index in [1.54, 1.807) is 23.7 Å². The van der Waals surface area contributed by atoms with E-state index in [0.717, 1.165) is 43.6 Å². The zero-order chi connectivity index (χ0) is 18.6. The Balaban J connectivity index is 1.37. The quantitative estimate of drug-likeness (QED) is 0.732. The van der Waals surface area contributed by atoms with E-state index in [2.05, 4.69) is 43.5 Å². The van der Waals surface area contributed by atoms with Crippen molar-refractivity contribution in [3.63, 3.8) is 0 Å². The van der Waals surface area contributed by atoms with Gasteiger partial charge < -0.3 is 10.2 Å². The van der Waals surface area contributed by atoms with Gasteiger partial charge in [-0.15, -0.1) is 11.3 Å². The molecule has 4 heterocycles. The third-order valence-corrected chi connectivity index (χ3v) is 6.14. The number of nitrogens with one attached hydrogen (secondary N) is 1. The number of pyridine rings is 1. The first-order valence-electron chi connectivity index (χ1n) is 9.40. The average Bonchev–Trinajstić information content (AvgIpc) is 3.26. The number of amides is 1. The van der Waals surface area contributed by atoms with Gasteiger partial charge in [-0.05, 0) is 36.8 Å². The number of rotatable bonds is 5. The number of carbonyl (C=O) groups excluding carboxylic acids is 1. The van der Waals surface area contributed by atoms with Gasteiger partial charge in [0.05, 0.1) is 17.9 Å². The van der Waals surface area contributed by atoms with Gasteiger partial charge in [0, 0.05) is 36.3 Å². The van der Waals surface area contributed by atoms with Crippen molar-refractivity contribution in [1.82, 2.24) is 20.3 Å². The Labute approximate surface area is 162 Å². The van der Waals surface area contributed by atoms with Crippen molar-refractivity contribution in [2.75, 3.05) is 18.0 Å². The van der Waals surface area contributed by atoms with Crippen LogP contribution in [0.25, 0.3) is 11.2 Å². The molecule has 4 rings (SSSR count). The number of hydrogen-bond donors (Lipinski definition) is 1. The molecule has 1 aliphatic rings. The monoisotopic (exact) mass is 381 g/mol. The van der Waals surface area contributed by atoms with Gasteiger partial charge in [0.1, 0.15) is 5.52 Å². The van der Waals surface area contributed by atoms with Crippen LogP contribution in [-0.2, 0) is 4.79 Å². The lowest BCUT2D eigenvalue weighted by atomic mass is 9.95. The molecule has 0 saturated carbocycles. The van der Waals surface area contributed by atoms with Crippen LogP contribution < -0.4 is 10.2 Å². The van der Waals surface area contributed by atoms with Gasteiger partial charge in [0.15, 0.2) is 5.65 Å². The van der Waals surface area contributed by atoms with Crippen LogP contribution in [0, 0.1) is 5.92 Å². The van der Waals surface area contributed by atoms with E-state index in [9.17, 15) is 4.79 Å². The zero-order valence-corrected chi connectivity index (χ0v) is 16.2. The Kier molecular flexibility index (Phi) is 5.29. The van der Waals surface area contributed by atoms with Gasteiger partial charge in [-0.25, -0.2) is 9.97 Å². The average molecular weight is 382 g/mol. The lowest BCUT2D eigenvalue weighted by molar-refractivity contribution is -0.126. The first-order valence-corrected chi connectivity index (χ1v) is 10.3. The minimum atomic E-state index is 0.0727. The van der Waals surface area contributed by atoms with Crippen molar-refractivity contribution in [2.45, 2.75) is 32.2 Å².